The fraction of sp³-hybridized carbons (Fsp3) is 0.118. The van der Waals surface area contributed by atoms with Gasteiger partial charge in [-0.05, 0) is 30.7 Å². The first-order chi connectivity index (χ1) is 10.6. The van der Waals surface area contributed by atoms with E-state index in [1.54, 1.807) is 18.3 Å². The first kappa shape index (κ1) is 14.0. The number of anilines is 1. The minimum absolute atomic E-state index is 0.166. The van der Waals surface area contributed by atoms with Crippen LogP contribution in [0.2, 0.25) is 0 Å². The van der Waals surface area contributed by atoms with E-state index in [9.17, 15) is 9.90 Å². The van der Waals surface area contributed by atoms with E-state index < -0.39 is 5.97 Å². The third-order valence-corrected chi connectivity index (χ3v) is 3.43. The molecule has 2 N–H and O–H groups in total. The molecule has 0 bridgehead atoms. The lowest BCUT2D eigenvalue weighted by Gasteiger charge is -2.11. The third-order valence-electron chi connectivity index (χ3n) is 3.43. The second-order valence-corrected chi connectivity index (χ2v) is 5.00. The summed E-state index contributed by atoms with van der Waals surface area (Å²) in [5.41, 5.74) is 2.84. The molecule has 0 aliphatic rings. The summed E-state index contributed by atoms with van der Waals surface area (Å²) in [4.78, 5) is 19.9. The van der Waals surface area contributed by atoms with Crippen molar-refractivity contribution in [3.05, 3.63) is 65.5 Å². The summed E-state index contributed by atoms with van der Waals surface area (Å²) in [6, 6.07) is 13.1. The van der Waals surface area contributed by atoms with Gasteiger partial charge in [-0.15, -0.1) is 0 Å². The van der Waals surface area contributed by atoms with Gasteiger partial charge in [0, 0.05) is 23.8 Å². The average molecular weight is 293 g/mol. The number of hydrogen-bond acceptors (Lipinski definition) is 4. The van der Waals surface area contributed by atoms with Crippen LogP contribution in [0.15, 0.2) is 48.7 Å². The molecule has 5 nitrogen and oxygen atoms in total. The van der Waals surface area contributed by atoms with Crippen molar-refractivity contribution in [3.8, 4) is 0 Å². The van der Waals surface area contributed by atoms with Crippen molar-refractivity contribution in [1.29, 1.82) is 0 Å². The van der Waals surface area contributed by atoms with E-state index in [-0.39, 0.29) is 5.56 Å². The van der Waals surface area contributed by atoms with Crippen molar-refractivity contribution in [3.63, 3.8) is 0 Å². The number of carbonyl (C=O) groups is 1. The second-order valence-electron chi connectivity index (χ2n) is 5.00. The van der Waals surface area contributed by atoms with Gasteiger partial charge in [0.15, 0.2) is 0 Å². The molecule has 22 heavy (non-hydrogen) atoms. The van der Waals surface area contributed by atoms with E-state index in [1.165, 1.54) is 0 Å². The molecule has 0 aliphatic carbocycles. The fourth-order valence-electron chi connectivity index (χ4n) is 2.35. The largest absolute Gasteiger partial charge is 0.478 e. The second kappa shape index (κ2) is 5.81. The first-order valence-corrected chi connectivity index (χ1v) is 6.92. The molecule has 0 aliphatic heterocycles. The topological polar surface area (TPSA) is 75.1 Å². The predicted molar refractivity (Wildman–Crippen MR) is 85.0 cm³/mol. The Morgan fingerprint density at radius 1 is 1.18 bits per heavy atom. The standard InChI is InChI=1S/C17H15N3O2/c1-11-7-8-14(17(21)22)16(20-11)19-10-13-5-2-4-12-6-3-9-18-15(12)13/h2-9H,10H2,1H3,(H,19,20)(H,21,22). The molecule has 110 valence electrons. The highest BCUT2D eigenvalue weighted by molar-refractivity contribution is 5.93. The number of benzene rings is 1. The molecular weight excluding hydrogens is 278 g/mol. The number of aromatic nitrogens is 2. The third kappa shape index (κ3) is 2.74. The van der Waals surface area contributed by atoms with E-state index >= 15 is 0 Å². The molecule has 0 saturated carbocycles. The molecule has 0 amide bonds. The zero-order valence-corrected chi connectivity index (χ0v) is 12.1. The van der Waals surface area contributed by atoms with Gasteiger partial charge >= 0.3 is 5.97 Å². The molecule has 0 spiro atoms. The Balaban J connectivity index is 1.92. The van der Waals surface area contributed by atoms with Gasteiger partial charge in [0.05, 0.1) is 5.52 Å². The molecule has 5 heteroatoms. The summed E-state index contributed by atoms with van der Waals surface area (Å²) < 4.78 is 0. The summed E-state index contributed by atoms with van der Waals surface area (Å²) in [7, 11) is 0. The highest BCUT2D eigenvalue weighted by atomic mass is 16.4. The fourth-order valence-corrected chi connectivity index (χ4v) is 2.35. The van der Waals surface area contributed by atoms with Crippen LogP contribution in [0.3, 0.4) is 0 Å². The van der Waals surface area contributed by atoms with E-state index in [4.69, 9.17) is 0 Å². The van der Waals surface area contributed by atoms with Crippen molar-refractivity contribution < 1.29 is 9.90 Å². The lowest BCUT2D eigenvalue weighted by Crippen LogP contribution is -2.09. The minimum Gasteiger partial charge on any atom is -0.478 e. The Morgan fingerprint density at radius 3 is 2.82 bits per heavy atom. The summed E-state index contributed by atoms with van der Waals surface area (Å²) in [6.07, 6.45) is 1.75. The van der Waals surface area contributed by atoms with Crippen LogP contribution in [-0.4, -0.2) is 21.0 Å². The maximum Gasteiger partial charge on any atom is 0.339 e. The molecule has 0 atom stereocenters. The molecule has 0 fully saturated rings. The van der Waals surface area contributed by atoms with Crippen LogP contribution in [0.1, 0.15) is 21.6 Å². The first-order valence-electron chi connectivity index (χ1n) is 6.92. The Hall–Kier alpha value is -2.95. The number of carboxylic acids is 1. The molecule has 2 heterocycles. The number of nitrogens with one attached hydrogen (secondary N) is 1. The van der Waals surface area contributed by atoms with Crippen molar-refractivity contribution in [2.45, 2.75) is 13.5 Å². The van der Waals surface area contributed by atoms with Gasteiger partial charge < -0.3 is 10.4 Å². The minimum atomic E-state index is -0.994. The number of hydrogen-bond donors (Lipinski definition) is 2. The number of pyridine rings is 2. The Bertz CT molecular complexity index is 841. The molecule has 1 aromatic carbocycles. The van der Waals surface area contributed by atoms with E-state index in [0.717, 1.165) is 22.2 Å². The molecule has 0 saturated heterocycles. The van der Waals surface area contributed by atoms with Gasteiger partial charge in [-0.2, -0.15) is 0 Å². The maximum atomic E-state index is 11.3. The highest BCUT2D eigenvalue weighted by Gasteiger charge is 2.12. The van der Waals surface area contributed by atoms with Gasteiger partial charge in [0.1, 0.15) is 11.4 Å². The van der Waals surface area contributed by atoms with E-state index in [2.05, 4.69) is 15.3 Å². The van der Waals surface area contributed by atoms with Crippen LogP contribution in [-0.2, 0) is 6.54 Å². The average Bonchev–Trinajstić information content (AvgIpc) is 2.52. The lowest BCUT2D eigenvalue weighted by molar-refractivity contribution is 0.0697. The van der Waals surface area contributed by atoms with Crippen LogP contribution in [0.25, 0.3) is 10.9 Å². The van der Waals surface area contributed by atoms with Gasteiger partial charge in [-0.25, -0.2) is 9.78 Å². The van der Waals surface area contributed by atoms with Crippen LogP contribution >= 0.6 is 0 Å². The quantitative estimate of drug-likeness (QED) is 0.772. The lowest BCUT2D eigenvalue weighted by atomic mass is 10.1. The molecule has 0 unspecified atom stereocenters. The molecular formula is C17H15N3O2. The summed E-state index contributed by atoms with van der Waals surface area (Å²) >= 11 is 0. The zero-order valence-electron chi connectivity index (χ0n) is 12.1. The van der Waals surface area contributed by atoms with E-state index in [0.29, 0.717) is 12.4 Å². The summed E-state index contributed by atoms with van der Waals surface area (Å²) in [5, 5.41) is 13.4. The van der Waals surface area contributed by atoms with Gasteiger partial charge in [-0.3, -0.25) is 4.98 Å². The zero-order chi connectivity index (χ0) is 15.5. The van der Waals surface area contributed by atoms with Gasteiger partial charge in [0.2, 0.25) is 0 Å². The number of aryl methyl sites for hydroxylation is 1. The van der Waals surface area contributed by atoms with Gasteiger partial charge in [-0.1, -0.05) is 24.3 Å². The molecule has 3 aromatic rings. The number of para-hydroxylation sites is 1. The van der Waals surface area contributed by atoms with Crippen molar-refractivity contribution in [1.82, 2.24) is 9.97 Å². The Labute approximate surface area is 127 Å². The number of fused-ring (bicyclic) bond motifs is 1. The van der Waals surface area contributed by atoms with Crippen LogP contribution < -0.4 is 5.32 Å². The highest BCUT2D eigenvalue weighted by Crippen LogP contribution is 2.19. The number of nitrogens with zero attached hydrogens (tertiary/aromatic N) is 2. The van der Waals surface area contributed by atoms with Crippen molar-refractivity contribution in [2.24, 2.45) is 0 Å². The summed E-state index contributed by atoms with van der Waals surface area (Å²) in [6.45, 7) is 2.29. The predicted octanol–water partition coefficient (Wildman–Crippen LogP) is 3.25. The Morgan fingerprint density at radius 2 is 2.00 bits per heavy atom. The molecule has 2 aromatic heterocycles. The van der Waals surface area contributed by atoms with Crippen LogP contribution in [0.4, 0.5) is 5.82 Å². The number of aromatic carboxylic acids is 1. The monoisotopic (exact) mass is 293 g/mol. The molecule has 0 radical (unpaired) electrons. The maximum absolute atomic E-state index is 11.3. The van der Waals surface area contributed by atoms with Crippen molar-refractivity contribution >= 4 is 22.7 Å². The summed E-state index contributed by atoms with van der Waals surface area (Å²) in [5.74, 6) is -0.619. The van der Waals surface area contributed by atoms with E-state index in [1.807, 2.05) is 37.3 Å². The normalized spacial score (nSPS) is 10.6. The SMILES string of the molecule is Cc1ccc(C(=O)O)c(NCc2cccc3cccnc23)n1. The smallest absolute Gasteiger partial charge is 0.339 e. The van der Waals surface area contributed by atoms with Crippen molar-refractivity contribution in [2.75, 3.05) is 5.32 Å². The Kier molecular flexibility index (Phi) is 3.70. The van der Waals surface area contributed by atoms with Crippen LogP contribution in [0, 0.1) is 6.92 Å². The van der Waals surface area contributed by atoms with Gasteiger partial charge in [0.25, 0.3) is 0 Å². The van der Waals surface area contributed by atoms with Crippen LogP contribution in [0.5, 0.6) is 0 Å². The molecule has 3 rings (SSSR count). The number of rotatable bonds is 4. The number of carboxylic acid groups (broad SMARTS) is 1.